The summed E-state index contributed by atoms with van der Waals surface area (Å²) < 4.78 is 0. The van der Waals surface area contributed by atoms with Crippen molar-refractivity contribution in [2.24, 2.45) is 4.99 Å². The van der Waals surface area contributed by atoms with Crippen molar-refractivity contribution in [1.82, 2.24) is 9.88 Å². The number of nitrogens with one attached hydrogen (secondary N) is 2. The molecule has 0 radical (unpaired) electrons. The summed E-state index contributed by atoms with van der Waals surface area (Å²) in [6, 6.07) is 35.6. The minimum Gasteiger partial charge on any atom is -0.494 e. The molecule has 5 heteroatoms. The third-order valence-electron chi connectivity index (χ3n) is 8.55. The van der Waals surface area contributed by atoms with E-state index in [0.29, 0.717) is 0 Å². The van der Waals surface area contributed by atoms with Crippen LogP contribution in [0.1, 0.15) is 54.4 Å². The molecule has 0 spiro atoms. The highest BCUT2D eigenvalue weighted by molar-refractivity contribution is 6.22. The number of aliphatic imine (C=N–C) groups is 1. The van der Waals surface area contributed by atoms with Gasteiger partial charge < -0.3 is 15.4 Å². The second-order valence-corrected chi connectivity index (χ2v) is 11.5. The zero-order chi connectivity index (χ0) is 27.6. The van der Waals surface area contributed by atoms with Crippen LogP contribution >= 0.6 is 0 Å². The van der Waals surface area contributed by atoms with Gasteiger partial charge in [0.25, 0.3) is 0 Å². The number of piperidine rings is 1. The Morgan fingerprint density at radius 3 is 2.24 bits per heavy atom. The van der Waals surface area contributed by atoms with Crippen molar-refractivity contribution in [3.05, 3.63) is 125 Å². The van der Waals surface area contributed by atoms with Crippen molar-refractivity contribution in [3.8, 4) is 5.88 Å². The van der Waals surface area contributed by atoms with E-state index in [2.05, 4.69) is 94.1 Å². The van der Waals surface area contributed by atoms with Gasteiger partial charge in [0.05, 0.1) is 22.5 Å². The molecule has 5 nitrogen and oxygen atoms in total. The minimum atomic E-state index is -0.0280. The average Bonchev–Trinajstić information content (AvgIpc) is 3.73. The van der Waals surface area contributed by atoms with Crippen molar-refractivity contribution in [2.75, 3.05) is 18.4 Å². The number of hydrogen-bond acceptors (Lipinski definition) is 4. The number of likely N-dealkylation sites (tertiary alicyclic amines) is 1. The monoisotopic (exact) mass is 540 g/mol. The van der Waals surface area contributed by atoms with E-state index in [1.54, 1.807) is 0 Å². The molecular formula is C36H36N4O. The molecular weight excluding hydrogens is 504 g/mol. The van der Waals surface area contributed by atoms with Crippen LogP contribution in [0.5, 0.6) is 5.88 Å². The average molecular weight is 541 g/mol. The van der Waals surface area contributed by atoms with E-state index < -0.39 is 0 Å². The number of fused-ring (bicyclic) bond motifs is 1. The molecule has 3 N–H and O–H groups in total. The van der Waals surface area contributed by atoms with Crippen LogP contribution in [-0.2, 0) is 12.1 Å². The fourth-order valence-corrected chi connectivity index (χ4v) is 6.18. The summed E-state index contributed by atoms with van der Waals surface area (Å²) in [5, 5.41) is 16.0. The second kappa shape index (κ2) is 10.9. The molecule has 1 aliphatic heterocycles. The van der Waals surface area contributed by atoms with E-state index >= 15 is 0 Å². The molecule has 5 aromatic rings. The molecule has 7 rings (SSSR count). The van der Waals surface area contributed by atoms with Crippen LogP contribution in [0, 0.1) is 0 Å². The fraction of sp³-hybridized carbons (Fsp3) is 0.250. The van der Waals surface area contributed by atoms with Gasteiger partial charge in [-0.1, -0.05) is 79.2 Å². The SMILES string of the molecule is Oc1[nH]c2ccc(NC3(c4ccccc4)CC3)cc2c1C(=Nc1ccc(CN2CCCCC2)cc1)c1ccccc1. The Kier molecular flexibility index (Phi) is 6.81. The number of rotatable bonds is 8. The molecule has 2 heterocycles. The molecule has 206 valence electrons. The normalized spacial score (nSPS) is 17.0. The summed E-state index contributed by atoms with van der Waals surface area (Å²) in [4.78, 5) is 10.9. The van der Waals surface area contributed by atoms with Gasteiger partial charge in [0, 0.05) is 28.7 Å². The summed E-state index contributed by atoms with van der Waals surface area (Å²) >= 11 is 0. The molecule has 4 aromatic carbocycles. The zero-order valence-electron chi connectivity index (χ0n) is 23.3. The third-order valence-corrected chi connectivity index (χ3v) is 8.55. The van der Waals surface area contributed by atoms with Gasteiger partial charge in [0.15, 0.2) is 5.88 Å². The number of aromatic nitrogens is 1. The van der Waals surface area contributed by atoms with E-state index in [1.165, 1.54) is 43.5 Å². The zero-order valence-corrected chi connectivity index (χ0v) is 23.3. The van der Waals surface area contributed by atoms with Crippen molar-refractivity contribution in [2.45, 2.75) is 44.2 Å². The Hall–Kier alpha value is -4.35. The molecule has 1 saturated heterocycles. The summed E-state index contributed by atoms with van der Waals surface area (Å²) in [5.41, 5.74) is 7.81. The quantitative estimate of drug-likeness (QED) is 0.174. The summed E-state index contributed by atoms with van der Waals surface area (Å²) in [6.07, 6.45) is 6.14. The predicted octanol–water partition coefficient (Wildman–Crippen LogP) is 8.13. The maximum absolute atomic E-state index is 11.2. The van der Waals surface area contributed by atoms with E-state index in [1.807, 2.05) is 24.3 Å². The van der Waals surface area contributed by atoms with Gasteiger partial charge in [-0.25, -0.2) is 4.99 Å². The van der Waals surface area contributed by atoms with Crippen molar-refractivity contribution >= 4 is 28.0 Å². The van der Waals surface area contributed by atoms with Gasteiger partial charge in [-0.05, 0) is 80.2 Å². The van der Waals surface area contributed by atoms with Crippen LogP contribution in [-0.4, -0.2) is 33.8 Å². The van der Waals surface area contributed by atoms with Gasteiger partial charge in [0.2, 0.25) is 0 Å². The lowest BCUT2D eigenvalue weighted by molar-refractivity contribution is 0.221. The summed E-state index contributed by atoms with van der Waals surface area (Å²) in [6.45, 7) is 3.35. The number of aromatic hydroxyl groups is 1. The first-order valence-corrected chi connectivity index (χ1v) is 14.8. The third kappa shape index (κ3) is 5.38. The minimum absolute atomic E-state index is 0.0280. The molecule has 0 amide bonds. The first-order chi connectivity index (χ1) is 20.2. The molecule has 0 unspecified atom stereocenters. The maximum atomic E-state index is 11.2. The standard InChI is InChI=1S/C36H36N4O/c41-35-33(31-24-30(18-19-32(31)38-35)39-36(20-21-36)28-12-6-2-7-13-28)34(27-10-4-1-5-11-27)37-29-16-14-26(15-17-29)25-40-22-8-3-9-23-40/h1-2,4-7,10-19,24,38-39,41H,3,8-9,20-23,25H2. The molecule has 1 aliphatic carbocycles. The number of H-pyrrole nitrogens is 1. The second-order valence-electron chi connectivity index (χ2n) is 11.5. The van der Waals surface area contributed by atoms with Crippen LogP contribution in [0.25, 0.3) is 10.9 Å². The Morgan fingerprint density at radius 2 is 1.54 bits per heavy atom. The molecule has 0 bridgehead atoms. The highest BCUT2D eigenvalue weighted by Crippen LogP contribution is 2.48. The topological polar surface area (TPSA) is 63.6 Å². The van der Waals surface area contributed by atoms with Gasteiger partial charge in [-0.3, -0.25) is 4.90 Å². The van der Waals surface area contributed by atoms with Crippen LogP contribution < -0.4 is 5.32 Å². The van der Waals surface area contributed by atoms with E-state index in [9.17, 15) is 5.11 Å². The lowest BCUT2D eigenvalue weighted by Gasteiger charge is -2.26. The highest BCUT2D eigenvalue weighted by atomic mass is 16.3. The number of hydrogen-bond donors (Lipinski definition) is 3. The number of benzene rings is 4. The lowest BCUT2D eigenvalue weighted by Crippen LogP contribution is -2.28. The van der Waals surface area contributed by atoms with Crippen molar-refractivity contribution < 1.29 is 5.11 Å². The van der Waals surface area contributed by atoms with E-state index in [4.69, 9.17) is 4.99 Å². The van der Waals surface area contributed by atoms with Crippen LogP contribution in [0.3, 0.4) is 0 Å². The molecule has 2 fully saturated rings. The first-order valence-electron chi connectivity index (χ1n) is 14.8. The number of nitrogens with zero attached hydrogens (tertiary/aromatic N) is 2. The Labute approximate surface area is 241 Å². The first kappa shape index (κ1) is 25.6. The summed E-state index contributed by atoms with van der Waals surface area (Å²) in [7, 11) is 0. The van der Waals surface area contributed by atoms with Crippen molar-refractivity contribution in [3.63, 3.8) is 0 Å². The van der Waals surface area contributed by atoms with Crippen molar-refractivity contribution in [1.29, 1.82) is 0 Å². The highest BCUT2D eigenvalue weighted by Gasteiger charge is 2.44. The van der Waals surface area contributed by atoms with E-state index in [0.717, 1.165) is 58.5 Å². The molecule has 2 aliphatic rings. The smallest absolute Gasteiger partial charge is 0.199 e. The van der Waals surface area contributed by atoms with Crippen LogP contribution in [0.15, 0.2) is 108 Å². The van der Waals surface area contributed by atoms with Crippen LogP contribution in [0.2, 0.25) is 0 Å². The van der Waals surface area contributed by atoms with Gasteiger partial charge in [0.1, 0.15) is 0 Å². The van der Waals surface area contributed by atoms with E-state index in [-0.39, 0.29) is 11.4 Å². The number of anilines is 1. The molecule has 0 atom stereocenters. The summed E-state index contributed by atoms with van der Waals surface area (Å²) in [5.74, 6) is 0.130. The van der Waals surface area contributed by atoms with Crippen LogP contribution in [0.4, 0.5) is 11.4 Å². The molecule has 1 saturated carbocycles. The number of aromatic amines is 1. The Morgan fingerprint density at radius 1 is 0.829 bits per heavy atom. The molecule has 1 aromatic heterocycles. The largest absolute Gasteiger partial charge is 0.494 e. The van der Waals surface area contributed by atoms with Gasteiger partial charge >= 0.3 is 0 Å². The Bertz CT molecular complexity index is 1660. The molecule has 41 heavy (non-hydrogen) atoms. The lowest BCUT2D eigenvalue weighted by atomic mass is 10.00. The predicted molar refractivity (Wildman–Crippen MR) is 168 cm³/mol. The Balaban J connectivity index is 1.25. The van der Waals surface area contributed by atoms with Gasteiger partial charge in [-0.15, -0.1) is 0 Å². The maximum Gasteiger partial charge on any atom is 0.199 e. The fourth-order valence-electron chi connectivity index (χ4n) is 6.18. The van der Waals surface area contributed by atoms with Gasteiger partial charge in [-0.2, -0.15) is 0 Å².